The molecule has 0 aliphatic carbocycles. The zero-order chi connectivity index (χ0) is 17.9. The van der Waals surface area contributed by atoms with Gasteiger partial charge in [-0.2, -0.15) is 4.98 Å². The lowest BCUT2D eigenvalue weighted by atomic mass is 10.2. The highest BCUT2D eigenvalue weighted by atomic mass is 32.2. The number of sulfonamides is 1. The van der Waals surface area contributed by atoms with Gasteiger partial charge in [0.25, 0.3) is 0 Å². The van der Waals surface area contributed by atoms with Crippen LogP contribution in [-0.2, 0) is 15.8 Å². The SMILES string of the molecule is CN1CCN(c2ncnc(Nc3cccc(CS(N)(=O)=O)c3)n2)CC1. The Labute approximate surface area is 147 Å². The van der Waals surface area contributed by atoms with Gasteiger partial charge in [-0.3, -0.25) is 0 Å². The van der Waals surface area contributed by atoms with Gasteiger partial charge in [0.2, 0.25) is 21.9 Å². The van der Waals surface area contributed by atoms with E-state index >= 15 is 0 Å². The van der Waals surface area contributed by atoms with Crippen LogP contribution in [0.15, 0.2) is 30.6 Å². The highest BCUT2D eigenvalue weighted by Crippen LogP contribution is 2.17. The number of nitrogens with zero attached hydrogens (tertiary/aromatic N) is 5. The molecule has 0 amide bonds. The predicted molar refractivity (Wildman–Crippen MR) is 96.1 cm³/mol. The predicted octanol–water partition coefficient (Wildman–Crippen LogP) is 0.156. The molecule has 25 heavy (non-hydrogen) atoms. The summed E-state index contributed by atoms with van der Waals surface area (Å²) in [6, 6.07) is 6.99. The van der Waals surface area contributed by atoms with Crippen molar-refractivity contribution in [3.63, 3.8) is 0 Å². The van der Waals surface area contributed by atoms with Gasteiger partial charge < -0.3 is 15.1 Å². The lowest BCUT2D eigenvalue weighted by molar-refractivity contribution is 0.311. The Morgan fingerprint density at radius 3 is 2.68 bits per heavy atom. The van der Waals surface area contributed by atoms with E-state index in [2.05, 4.69) is 37.1 Å². The number of hydrogen-bond donors (Lipinski definition) is 2. The highest BCUT2D eigenvalue weighted by Gasteiger charge is 2.17. The first-order valence-electron chi connectivity index (χ1n) is 7.88. The highest BCUT2D eigenvalue weighted by molar-refractivity contribution is 7.88. The Morgan fingerprint density at radius 1 is 1.20 bits per heavy atom. The second kappa shape index (κ2) is 7.30. The first-order chi connectivity index (χ1) is 11.9. The van der Waals surface area contributed by atoms with Gasteiger partial charge in [-0.1, -0.05) is 12.1 Å². The van der Waals surface area contributed by atoms with Crippen LogP contribution in [-0.4, -0.2) is 61.5 Å². The molecule has 0 atom stereocenters. The molecule has 3 rings (SSSR count). The maximum Gasteiger partial charge on any atom is 0.231 e. The molecule has 1 fully saturated rings. The van der Waals surface area contributed by atoms with E-state index in [1.54, 1.807) is 18.2 Å². The summed E-state index contributed by atoms with van der Waals surface area (Å²) in [5.74, 6) is 0.828. The van der Waals surface area contributed by atoms with Crippen molar-refractivity contribution in [3.05, 3.63) is 36.2 Å². The molecule has 1 aliphatic rings. The molecule has 0 bridgehead atoms. The number of nitrogens with two attached hydrogens (primary N) is 1. The molecule has 0 saturated carbocycles. The van der Waals surface area contributed by atoms with Crippen molar-refractivity contribution < 1.29 is 8.42 Å². The minimum atomic E-state index is -3.57. The van der Waals surface area contributed by atoms with Crippen LogP contribution >= 0.6 is 0 Å². The van der Waals surface area contributed by atoms with E-state index in [-0.39, 0.29) is 5.75 Å². The van der Waals surface area contributed by atoms with Crippen LogP contribution in [0.25, 0.3) is 0 Å². The Bertz CT molecular complexity index is 835. The fraction of sp³-hybridized carbons (Fsp3) is 0.400. The van der Waals surface area contributed by atoms with Gasteiger partial charge >= 0.3 is 0 Å². The fourth-order valence-corrected chi connectivity index (χ4v) is 3.25. The number of aromatic nitrogens is 3. The molecule has 0 radical (unpaired) electrons. The van der Waals surface area contributed by atoms with Gasteiger partial charge in [0, 0.05) is 31.9 Å². The average molecular weight is 363 g/mol. The number of rotatable bonds is 5. The van der Waals surface area contributed by atoms with Crippen molar-refractivity contribution in [2.24, 2.45) is 5.14 Å². The maximum absolute atomic E-state index is 11.2. The average Bonchev–Trinajstić information content (AvgIpc) is 2.54. The molecule has 1 aromatic heterocycles. The normalized spacial score (nSPS) is 16.0. The molecule has 2 heterocycles. The van der Waals surface area contributed by atoms with Crippen LogP contribution in [0, 0.1) is 0 Å². The lowest BCUT2D eigenvalue weighted by Gasteiger charge is -2.32. The molecule has 1 aliphatic heterocycles. The van der Waals surface area contributed by atoms with Gasteiger partial charge in [-0.05, 0) is 24.7 Å². The second-order valence-electron chi connectivity index (χ2n) is 6.03. The van der Waals surface area contributed by atoms with Crippen molar-refractivity contribution in [3.8, 4) is 0 Å². The topological polar surface area (TPSA) is 117 Å². The summed E-state index contributed by atoms with van der Waals surface area (Å²) in [4.78, 5) is 17.2. The number of likely N-dealkylation sites (N-methyl/N-ethyl adjacent to an activating group) is 1. The molecular formula is C15H21N7O2S. The van der Waals surface area contributed by atoms with Crippen LogP contribution in [0.4, 0.5) is 17.6 Å². The smallest absolute Gasteiger partial charge is 0.231 e. The van der Waals surface area contributed by atoms with Crippen molar-refractivity contribution in [2.75, 3.05) is 43.4 Å². The number of hydrogen-bond acceptors (Lipinski definition) is 8. The molecule has 0 spiro atoms. The van der Waals surface area contributed by atoms with Crippen LogP contribution in [0.2, 0.25) is 0 Å². The van der Waals surface area contributed by atoms with E-state index in [4.69, 9.17) is 5.14 Å². The van der Waals surface area contributed by atoms with Gasteiger partial charge in [-0.25, -0.2) is 23.5 Å². The Morgan fingerprint density at radius 2 is 1.96 bits per heavy atom. The second-order valence-corrected chi connectivity index (χ2v) is 7.65. The van der Waals surface area contributed by atoms with Crippen molar-refractivity contribution in [2.45, 2.75) is 5.75 Å². The summed E-state index contributed by atoms with van der Waals surface area (Å²) in [5, 5.41) is 8.18. The third kappa shape index (κ3) is 5.08. The zero-order valence-electron chi connectivity index (χ0n) is 14.0. The van der Waals surface area contributed by atoms with E-state index in [0.717, 1.165) is 26.2 Å². The quantitative estimate of drug-likeness (QED) is 0.771. The number of primary sulfonamides is 1. The molecule has 2 aromatic rings. The minimum Gasteiger partial charge on any atom is -0.338 e. The van der Waals surface area contributed by atoms with E-state index in [1.165, 1.54) is 6.33 Å². The molecule has 1 saturated heterocycles. The van der Waals surface area contributed by atoms with Gasteiger partial charge in [0.1, 0.15) is 6.33 Å². The van der Waals surface area contributed by atoms with Crippen LogP contribution in [0.1, 0.15) is 5.56 Å². The third-order valence-corrected chi connectivity index (χ3v) is 4.63. The Hall–Kier alpha value is -2.30. The molecule has 1 aromatic carbocycles. The van der Waals surface area contributed by atoms with Crippen molar-refractivity contribution in [1.82, 2.24) is 19.9 Å². The minimum absolute atomic E-state index is 0.216. The standard InChI is InChI=1S/C15H21N7O2S/c1-21-5-7-22(8-6-21)15-18-11-17-14(20-15)19-13-4-2-3-12(9-13)10-25(16,23)24/h2-4,9,11H,5-8,10H2,1H3,(H2,16,23,24)(H,17,18,19,20). The molecule has 3 N–H and O–H groups in total. The third-order valence-electron chi connectivity index (χ3n) is 3.90. The fourth-order valence-electron chi connectivity index (χ4n) is 2.61. The Balaban J connectivity index is 1.73. The Kier molecular flexibility index (Phi) is 5.11. The van der Waals surface area contributed by atoms with Gasteiger partial charge in [-0.15, -0.1) is 0 Å². The molecule has 0 unspecified atom stereocenters. The first kappa shape index (κ1) is 17.5. The van der Waals surface area contributed by atoms with Crippen molar-refractivity contribution >= 4 is 27.6 Å². The van der Waals surface area contributed by atoms with Gasteiger partial charge in [0.05, 0.1) is 5.75 Å². The summed E-state index contributed by atoms with van der Waals surface area (Å²) in [6.45, 7) is 3.65. The molecular weight excluding hydrogens is 342 g/mol. The lowest BCUT2D eigenvalue weighted by Crippen LogP contribution is -2.45. The van der Waals surface area contributed by atoms with E-state index in [1.807, 2.05) is 6.07 Å². The van der Waals surface area contributed by atoms with Crippen LogP contribution in [0.5, 0.6) is 0 Å². The van der Waals surface area contributed by atoms with Crippen LogP contribution in [0.3, 0.4) is 0 Å². The summed E-state index contributed by atoms with van der Waals surface area (Å²) in [5.41, 5.74) is 1.29. The summed E-state index contributed by atoms with van der Waals surface area (Å²) < 4.78 is 22.5. The zero-order valence-corrected chi connectivity index (χ0v) is 14.8. The van der Waals surface area contributed by atoms with Crippen molar-refractivity contribution in [1.29, 1.82) is 0 Å². The van der Waals surface area contributed by atoms with E-state index in [0.29, 0.717) is 23.1 Å². The first-order valence-corrected chi connectivity index (χ1v) is 9.59. The summed E-state index contributed by atoms with van der Waals surface area (Å²) in [6.07, 6.45) is 1.47. The molecule has 134 valence electrons. The summed E-state index contributed by atoms with van der Waals surface area (Å²) in [7, 11) is -1.48. The molecule has 9 nitrogen and oxygen atoms in total. The van der Waals surface area contributed by atoms with Gasteiger partial charge in [0.15, 0.2) is 0 Å². The molecule has 10 heteroatoms. The monoisotopic (exact) mass is 363 g/mol. The number of piperazine rings is 1. The number of anilines is 3. The number of benzene rings is 1. The maximum atomic E-state index is 11.2. The van der Waals surface area contributed by atoms with E-state index in [9.17, 15) is 8.42 Å². The van der Waals surface area contributed by atoms with Crippen LogP contribution < -0.4 is 15.4 Å². The largest absolute Gasteiger partial charge is 0.338 e. The summed E-state index contributed by atoms with van der Waals surface area (Å²) >= 11 is 0. The van der Waals surface area contributed by atoms with E-state index < -0.39 is 10.0 Å². The number of nitrogens with one attached hydrogen (secondary N) is 1.